The number of hydrogen-bond acceptors (Lipinski definition) is 5. The maximum Gasteiger partial charge on any atom is 0.265 e. The number of benzene rings is 2. The third kappa shape index (κ3) is 5.50. The largest absolute Gasteiger partial charge is 0.322 e. The summed E-state index contributed by atoms with van der Waals surface area (Å²) in [6, 6.07) is 16.3. The predicted octanol–water partition coefficient (Wildman–Crippen LogP) is 4.67. The maximum atomic E-state index is 12.8. The zero-order chi connectivity index (χ0) is 23.4. The van der Waals surface area contributed by atoms with Crippen molar-refractivity contribution in [2.24, 2.45) is 5.92 Å². The van der Waals surface area contributed by atoms with Crippen LogP contribution in [0.15, 0.2) is 70.9 Å². The van der Waals surface area contributed by atoms with Crippen LogP contribution in [0, 0.1) is 5.92 Å². The second kappa shape index (κ2) is 9.86. The highest BCUT2D eigenvalue weighted by molar-refractivity contribution is 7.89. The number of carbonyl (C=O) groups excluding carboxylic acids is 2. The van der Waals surface area contributed by atoms with E-state index in [0.717, 1.165) is 12.8 Å². The second-order valence-electron chi connectivity index (χ2n) is 8.07. The number of amides is 2. The molecule has 1 aliphatic rings. The summed E-state index contributed by atoms with van der Waals surface area (Å²) in [6.45, 7) is 3.20. The first-order valence-electron chi connectivity index (χ1n) is 10.7. The number of anilines is 2. The third-order valence-corrected chi connectivity index (χ3v) is 8.42. The van der Waals surface area contributed by atoms with Gasteiger partial charge >= 0.3 is 0 Å². The highest BCUT2D eigenvalue weighted by Gasteiger charge is 2.27. The summed E-state index contributed by atoms with van der Waals surface area (Å²) in [4.78, 5) is 25.5. The van der Waals surface area contributed by atoms with Gasteiger partial charge in [-0.3, -0.25) is 9.59 Å². The van der Waals surface area contributed by atoms with Crippen LogP contribution in [0.3, 0.4) is 0 Å². The topological polar surface area (TPSA) is 95.6 Å². The molecule has 9 heteroatoms. The second-order valence-corrected chi connectivity index (χ2v) is 11.0. The quantitative estimate of drug-likeness (QED) is 0.532. The SMILES string of the molecule is CC1CCN(S(=O)(=O)c2ccc(NC(=O)c3ccc(NC(=O)c4cccs4)cc3)cc2)CC1. The fourth-order valence-corrected chi connectivity index (χ4v) is 5.68. The molecule has 0 spiro atoms. The van der Waals surface area contributed by atoms with Gasteiger partial charge in [0.2, 0.25) is 10.0 Å². The molecular weight excluding hydrogens is 458 g/mol. The first-order valence-corrected chi connectivity index (χ1v) is 13.0. The molecule has 1 fully saturated rings. The van der Waals surface area contributed by atoms with Crippen molar-refractivity contribution in [1.82, 2.24) is 4.31 Å². The maximum absolute atomic E-state index is 12.8. The zero-order valence-electron chi connectivity index (χ0n) is 18.2. The molecule has 2 amide bonds. The number of nitrogens with one attached hydrogen (secondary N) is 2. The molecule has 1 aliphatic heterocycles. The molecule has 0 aliphatic carbocycles. The van der Waals surface area contributed by atoms with Crippen molar-refractivity contribution in [3.8, 4) is 0 Å². The lowest BCUT2D eigenvalue weighted by molar-refractivity contribution is 0.102. The number of thiophene rings is 1. The van der Waals surface area contributed by atoms with Crippen LogP contribution in [0.5, 0.6) is 0 Å². The van der Waals surface area contributed by atoms with E-state index in [4.69, 9.17) is 0 Å². The predicted molar refractivity (Wildman–Crippen MR) is 130 cm³/mol. The van der Waals surface area contributed by atoms with Gasteiger partial charge in [0.15, 0.2) is 0 Å². The van der Waals surface area contributed by atoms with Gasteiger partial charge in [-0.2, -0.15) is 4.31 Å². The minimum Gasteiger partial charge on any atom is -0.322 e. The average Bonchev–Trinajstić information content (AvgIpc) is 3.35. The highest BCUT2D eigenvalue weighted by atomic mass is 32.2. The van der Waals surface area contributed by atoms with Gasteiger partial charge in [0.05, 0.1) is 9.77 Å². The summed E-state index contributed by atoms with van der Waals surface area (Å²) in [6.07, 6.45) is 1.73. The molecule has 33 heavy (non-hydrogen) atoms. The Morgan fingerprint density at radius 1 is 0.879 bits per heavy atom. The minimum atomic E-state index is -3.53. The van der Waals surface area contributed by atoms with Crippen LogP contribution >= 0.6 is 11.3 Å². The van der Waals surface area contributed by atoms with Crippen molar-refractivity contribution >= 4 is 44.5 Å². The monoisotopic (exact) mass is 483 g/mol. The van der Waals surface area contributed by atoms with Crippen molar-refractivity contribution < 1.29 is 18.0 Å². The fourth-order valence-electron chi connectivity index (χ4n) is 3.59. The van der Waals surface area contributed by atoms with E-state index in [0.29, 0.717) is 40.8 Å². The molecule has 3 aromatic rings. The van der Waals surface area contributed by atoms with Gasteiger partial charge in [-0.1, -0.05) is 13.0 Å². The summed E-state index contributed by atoms with van der Waals surface area (Å²) in [5, 5.41) is 7.39. The summed E-state index contributed by atoms with van der Waals surface area (Å²) < 4.78 is 27.2. The first-order chi connectivity index (χ1) is 15.8. The standard InChI is InChI=1S/C24H25N3O4S2/c1-17-12-14-27(15-13-17)33(30,31)21-10-8-20(9-11-21)25-23(28)18-4-6-19(7-5-18)26-24(29)22-3-2-16-32-22/h2-11,16-17H,12-15H2,1H3,(H,25,28)(H,26,29). The molecule has 1 aromatic heterocycles. The molecule has 0 unspecified atom stereocenters. The van der Waals surface area contributed by atoms with Gasteiger partial charge < -0.3 is 10.6 Å². The number of piperidine rings is 1. The van der Waals surface area contributed by atoms with E-state index in [1.54, 1.807) is 42.5 Å². The lowest BCUT2D eigenvalue weighted by Gasteiger charge is -2.29. The Balaban J connectivity index is 1.37. The van der Waals surface area contributed by atoms with Crippen LogP contribution in [-0.4, -0.2) is 37.6 Å². The zero-order valence-corrected chi connectivity index (χ0v) is 19.8. The van der Waals surface area contributed by atoms with E-state index in [1.807, 2.05) is 11.4 Å². The molecule has 0 atom stereocenters. The van der Waals surface area contributed by atoms with Gasteiger partial charge in [-0.05, 0) is 78.7 Å². The molecule has 1 saturated heterocycles. The Bertz CT molecular complexity index is 1210. The van der Waals surface area contributed by atoms with Gasteiger partial charge in [0.1, 0.15) is 0 Å². The van der Waals surface area contributed by atoms with Crippen LogP contribution in [-0.2, 0) is 10.0 Å². The lowest BCUT2D eigenvalue weighted by atomic mass is 10.0. The summed E-state index contributed by atoms with van der Waals surface area (Å²) >= 11 is 1.35. The fraction of sp³-hybridized carbons (Fsp3) is 0.250. The van der Waals surface area contributed by atoms with Crippen molar-refractivity contribution in [3.63, 3.8) is 0 Å². The molecule has 4 rings (SSSR count). The number of nitrogens with zero attached hydrogens (tertiary/aromatic N) is 1. The van der Waals surface area contributed by atoms with E-state index in [-0.39, 0.29) is 16.7 Å². The van der Waals surface area contributed by atoms with E-state index in [1.165, 1.54) is 27.8 Å². The van der Waals surface area contributed by atoms with Gasteiger partial charge in [0.25, 0.3) is 11.8 Å². The lowest BCUT2D eigenvalue weighted by Crippen LogP contribution is -2.37. The minimum absolute atomic E-state index is 0.198. The van der Waals surface area contributed by atoms with Crippen molar-refractivity contribution in [2.75, 3.05) is 23.7 Å². The summed E-state index contributed by atoms with van der Waals surface area (Å²) in [7, 11) is -3.53. The number of carbonyl (C=O) groups is 2. The van der Waals surface area contributed by atoms with Crippen LogP contribution in [0.25, 0.3) is 0 Å². The molecule has 2 aromatic carbocycles. The number of hydrogen-bond donors (Lipinski definition) is 2. The Hall–Kier alpha value is -3.01. The summed E-state index contributed by atoms with van der Waals surface area (Å²) in [5.41, 5.74) is 1.51. The molecule has 7 nitrogen and oxygen atoms in total. The van der Waals surface area contributed by atoms with Crippen LogP contribution < -0.4 is 10.6 Å². The van der Waals surface area contributed by atoms with Gasteiger partial charge in [-0.15, -0.1) is 11.3 Å². The average molecular weight is 484 g/mol. The normalized spacial score (nSPS) is 15.2. The molecule has 0 bridgehead atoms. The van der Waals surface area contributed by atoms with Gasteiger partial charge in [0, 0.05) is 30.0 Å². The van der Waals surface area contributed by atoms with Crippen LogP contribution in [0.4, 0.5) is 11.4 Å². The number of rotatable bonds is 6. The van der Waals surface area contributed by atoms with E-state index in [9.17, 15) is 18.0 Å². The highest BCUT2D eigenvalue weighted by Crippen LogP contribution is 2.24. The van der Waals surface area contributed by atoms with Gasteiger partial charge in [-0.25, -0.2) is 8.42 Å². The first kappa shape index (κ1) is 23.2. The van der Waals surface area contributed by atoms with Crippen molar-refractivity contribution in [3.05, 3.63) is 76.5 Å². The number of sulfonamides is 1. The molecule has 0 radical (unpaired) electrons. The Morgan fingerprint density at radius 3 is 2.03 bits per heavy atom. The molecule has 0 saturated carbocycles. The third-order valence-electron chi connectivity index (χ3n) is 5.64. The van der Waals surface area contributed by atoms with E-state index in [2.05, 4.69) is 17.6 Å². The Morgan fingerprint density at radius 2 is 1.45 bits per heavy atom. The molecular formula is C24H25N3O4S2. The van der Waals surface area contributed by atoms with Crippen molar-refractivity contribution in [1.29, 1.82) is 0 Å². The van der Waals surface area contributed by atoms with Crippen molar-refractivity contribution in [2.45, 2.75) is 24.7 Å². The van der Waals surface area contributed by atoms with E-state index >= 15 is 0 Å². The Kier molecular flexibility index (Phi) is 6.92. The van der Waals surface area contributed by atoms with Crippen LogP contribution in [0.1, 0.15) is 39.8 Å². The Labute approximate surface area is 197 Å². The van der Waals surface area contributed by atoms with Crippen LogP contribution in [0.2, 0.25) is 0 Å². The smallest absolute Gasteiger partial charge is 0.265 e. The summed E-state index contributed by atoms with van der Waals surface area (Å²) in [5.74, 6) is 0.0171. The van der Waals surface area contributed by atoms with E-state index < -0.39 is 10.0 Å². The molecule has 2 heterocycles. The molecule has 2 N–H and O–H groups in total. The molecule has 172 valence electrons.